The van der Waals surface area contributed by atoms with Crippen molar-refractivity contribution >= 4 is 113 Å². The summed E-state index contributed by atoms with van der Waals surface area (Å²) in [7, 11) is 1.40. The topological polar surface area (TPSA) is 400 Å². The molecule has 0 saturated carbocycles. The number of aromatic nitrogens is 7. The third-order valence-electron chi connectivity index (χ3n) is 14.5. The van der Waals surface area contributed by atoms with Crippen LogP contribution in [0.5, 0.6) is 0 Å². The lowest BCUT2D eigenvalue weighted by atomic mass is 10.0. The zero-order valence-corrected chi connectivity index (χ0v) is 51.2. The van der Waals surface area contributed by atoms with E-state index in [1.54, 1.807) is 38.1 Å². The van der Waals surface area contributed by atoms with Gasteiger partial charge in [-0.1, -0.05) is 44.6 Å². The van der Waals surface area contributed by atoms with Crippen LogP contribution in [0.4, 0.5) is 29.9 Å². The maximum atomic E-state index is 16.7. The monoisotopic (exact) mass is 1320 g/mol. The van der Waals surface area contributed by atoms with Crippen molar-refractivity contribution in [3.05, 3.63) is 83.3 Å². The van der Waals surface area contributed by atoms with Gasteiger partial charge in [0.2, 0.25) is 23.4 Å². The number of carbonyl (C=O) groups excluding carboxylic acids is 7. The van der Waals surface area contributed by atoms with Crippen LogP contribution in [0.2, 0.25) is 0 Å². The van der Waals surface area contributed by atoms with Gasteiger partial charge in [0, 0.05) is 44.0 Å². The lowest BCUT2D eigenvalue weighted by Crippen LogP contribution is -2.53. The number of H-pyrrole nitrogens is 1. The van der Waals surface area contributed by atoms with Crippen molar-refractivity contribution in [3.63, 3.8) is 0 Å². The van der Waals surface area contributed by atoms with Gasteiger partial charge in [0.25, 0.3) is 17.4 Å². The number of rotatable bonds is 20. The van der Waals surface area contributed by atoms with Gasteiger partial charge in [0.05, 0.1) is 39.0 Å². The highest BCUT2D eigenvalue weighted by molar-refractivity contribution is 8.44. The van der Waals surface area contributed by atoms with Crippen LogP contribution in [0, 0.1) is 11.7 Å². The van der Waals surface area contributed by atoms with Crippen molar-refractivity contribution in [1.29, 1.82) is 0 Å². The minimum absolute atomic E-state index is 0.0882. The third-order valence-corrected chi connectivity index (χ3v) is 17.7. The van der Waals surface area contributed by atoms with E-state index >= 15 is 8.78 Å². The van der Waals surface area contributed by atoms with E-state index in [4.69, 9.17) is 48.8 Å². The highest BCUT2D eigenvalue weighted by Crippen LogP contribution is 2.59. The molecule has 4 aliphatic rings. The van der Waals surface area contributed by atoms with Gasteiger partial charge < -0.3 is 59.3 Å². The van der Waals surface area contributed by atoms with Crippen molar-refractivity contribution in [1.82, 2.24) is 54.5 Å². The first-order chi connectivity index (χ1) is 42.2. The van der Waals surface area contributed by atoms with Crippen LogP contribution in [-0.2, 0) is 89.7 Å². The first-order valence-electron chi connectivity index (χ1n) is 27.4. The number of aliphatic hydroxyl groups is 1. The van der Waals surface area contributed by atoms with Gasteiger partial charge in [-0.15, -0.1) is 0 Å². The van der Waals surface area contributed by atoms with Crippen LogP contribution in [0.15, 0.2) is 66.4 Å². The number of ether oxygens (including phenoxy) is 4. The van der Waals surface area contributed by atoms with Crippen molar-refractivity contribution in [2.75, 3.05) is 57.2 Å². The molecule has 4 aliphatic heterocycles. The SMILES string of the molecule is CC(C)[C@H](NC(=O)CCCCCN1C(=O)C=CC1=O)C(=O)N[C@@H](C)C(=O)Nc1ccc(COC(=O)N(C)CCOC(=O)Nc2ncnc3c2ncn3[C@@H]2O[C@@H]3COP(O)(=S)O[C@]4(n5cc(F)c6c(=O)[nH]cnc65)CO[C@H](COP(=O)(S)O[C@H]3[C@H]2F)[C@H]4O)cc1. The summed E-state index contributed by atoms with van der Waals surface area (Å²) in [5, 5.41) is 21.5. The molecule has 0 radical (unpaired) electrons. The lowest BCUT2D eigenvalue weighted by molar-refractivity contribution is -0.137. The van der Waals surface area contributed by atoms with Crippen LogP contribution in [0.1, 0.15) is 58.2 Å². The number of aliphatic hydroxyl groups excluding tert-OH is 1. The van der Waals surface area contributed by atoms with Crippen LogP contribution in [0.3, 0.4) is 0 Å². The first kappa shape index (κ1) is 66.2. The number of hydrogen-bond donors (Lipinski definition) is 8. The van der Waals surface area contributed by atoms with E-state index in [2.05, 4.69) is 58.4 Å². The standard InChI is InChI=1S/C51H61F2N13O19P2S2/c1-26(2)38(61-33(67)8-6-5-7-15-64-34(68)13-14-35(64)69)47(73)59-27(3)45(71)60-29-11-9-28(10-12-29)19-79-50(75)63(4)16-17-78-49(74)62-42-39-44(56-23-54-42)65(25-58-39)48-37(53)40-31(83-48)20-82-87(77,89)85-51(22-80-32(41(51)70)21-81-86(76,88)84-40)66-18-30(52)36-43(66)55-24-57-46(36)72/h9-14,18,23-27,31-32,37-38,40-41,48,70H,5-8,15-17,19-22H2,1-4H3,(H,59,73)(H,60,71)(H,61,67)(H,76,88)(H,77,89)(H,55,57,72)(H,54,56,62,74)/t27-,31+,32+,37+,38-,40+,41+,48+,51+,86?,87?/m0/s1. The molecule has 5 aromatic rings. The number of anilines is 2. The van der Waals surface area contributed by atoms with Gasteiger partial charge in [0.1, 0.15) is 61.4 Å². The highest BCUT2D eigenvalue weighted by atomic mass is 32.7. The van der Waals surface area contributed by atoms with Crippen molar-refractivity contribution < 1.29 is 94.0 Å². The number of unbranched alkanes of at least 4 members (excludes halogenated alkanes) is 2. The second kappa shape index (κ2) is 27.9. The number of carbonyl (C=O) groups is 7. The van der Waals surface area contributed by atoms with Crippen LogP contribution < -0.4 is 26.8 Å². The van der Waals surface area contributed by atoms with E-state index in [9.17, 15) is 52.9 Å². The van der Waals surface area contributed by atoms with E-state index in [1.807, 2.05) is 0 Å². The number of hydrogen-bond acceptors (Lipinski definition) is 23. The molecule has 7 N–H and O–H groups in total. The third kappa shape index (κ3) is 15.3. The maximum Gasteiger partial charge on any atom is 0.412 e. The fourth-order valence-electron chi connectivity index (χ4n) is 9.76. The molecule has 0 aliphatic carbocycles. The number of benzene rings is 1. The highest BCUT2D eigenvalue weighted by Gasteiger charge is 2.58. The molecule has 4 aromatic heterocycles. The molecule has 3 fully saturated rings. The molecule has 9 rings (SSSR count). The normalized spacial score (nSPS) is 26.0. The Balaban J connectivity index is 0.724. The van der Waals surface area contributed by atoms with E-state index < -0.39 is 129 Å². The Morgan fingerprint density at radius 3 is 2.42 bits per heavy atom. The van der Waals surface area contributed by atoms with Gasteiger partial charge in [-0.25, -0.2) is 42.9 Å². The largest absolute Gasteiger partial charge is 0.447 e. The van der Waals surface area contributed by atoms with Crippen LogP contribution >= 0.6 is 25.8 Å². The number of imidazole rings is 1. The number of aromatic amines is 1. The van der Waals surface area contributed by atoms with Crippen molar-refractivity contribution in [2.24, 2.45) is 5.92 Å². The first-order valence-corrected chi connectivity index (χ1v) is 32.7. The number of likely N-dealkylation sites (N-methyl/N-ethyl adjacent to an activating group) is 1. The van der Waals surface area contributed by atoms with E-state index in [0.717, 1.165) is 44.1 Å². The number of amides is 7. The molecule has 0 spiro atoms. The van der Waals surface area contributed by atoms with E-state index in [0.29, 0.717) is 30.5 Å². The fourth-order valence-corrected chi connectivity index (χ4v) is 12.8. The van der Waals surface area contributed by atoms with Gasteiger partial charge in [-0.05, 0) is 55.2 Å². The second-order valence-electron chi connectivity index (χ2n) is 21.1. The van der Waals surface area contributed by atoms with Crippen molar-refractivity contribution in [3.8, 4) is 0 Å². The number of thiol groups is 1. The predicted octanol–water partition coefficient (Wildman–Crippen LogP) is 2.94. The average molecular weight is 1320 g/mol. The number of alkyl halides is 1. The Kier molecular flexibility index (Phi) is 20.8. The second-order valence-corrected chi connectivity index (χ2v) is 26.7. The zero-order chi connectivity index (χ0) is 64.1. The van der Waals surface area contributed by atoms with Crippen LogP contribution in [0.25, 0.3) is 22.2 Å². The molecule has 2 unspecified atom stereocenters. The number of imide groups is 1. The Morgan fingerprint density at radius 2 is 1.69 bits per heavy atom. The summed E-state index contributed by atoms with van der Waals surface area (Å²) < 4.78 is 92.6. The summed E-state index contributed by atoms with van der Waals surface area (Å²) in [6.45, 7) is -6.94. The molecule has 7 amide bonds. The Hall–Kier alpha value is -7.21. The van der Waals surface area contributed by atoms with Gasteiger partial charge in [-0.2, -0.15) is 0 Å². The number of halogens is 2. The fraction of sp³-hybridized carbons (Fsp3) is 0.490. The summed E-state index contributed by atoms with van der Waals surface area (Å²) in [6, 6.07) is 4.40. The molecule has 32 nitrogen and oxygen atoms in total. The minimum atomic E-state index is -4.64. The maximum absolute atomic E-state index is 16.7. The molecule has 89 heavy (non-hydrogen) atoms. The Bertz CT molecular complexity index is 3700. The molecule has 1 aromatic carbocycles. The summed E-state index contributed by atoms with van der Waals surface area (Å²) in [6.07, 6.45) is -4.63. The molecular formula is C51H61F2N13O19P2S2. The molecule has 2 bridgehead atoms. The van der Waals surface area contributed by atoms with Gasteiger partial charge >= 0.3 is 25.7 Å². The van der Waals surface area contributed by atoms with Crippen molar-refractivity contribution in [2.45, 2.75) is 108 Å². The number of nitrogens with zero attached hydrogens (tertiary/aromatic N) is 8. The summed E-state index contributed by atoms with van der Waals surface area (Å²) in [5.41, 5.74) is -2.85. The quantitative estimate of drug-likeness (QED) is 0.0240. The summed E-state index contributed by atoms with van der Waals surface area (Å²) in [5.74, 6) is -3.80. The predicted molar refractivity (Wildman–Crippen MR) is 311 cm³/mol. The molecule has 11 atom stereocenters. The van der Waals surface area contributed by atoms with Crippen LogP contribution in [-0.4, -0.2) is 185 Å². The van der Waals surface area contributed by atoms with E-state index in [1.165, 1.54) is 26.1 Å². The summed E-state index contributed by atoms with van der Waals surface area (Å²) >= 11 is 9.36. The molecule has 480 valence electrons. The van der Waals surface area contributed by atoms with E-state index in [-0.39, 0.29) is 79.0 Å². The molecule has 3 saturated heterocycles. The smallest absolute Gasteiger partial charge is 0.412 e. The number of fused-ring (bicyclic) bond motifs is 5. The zero-order valence-electron chi connectivity index (χ0n) is 47.7. The minimum Gasteiger partial charge on any atom is -0.447 e. The van der Waals surface area contributed by atoms with Gasteiger partial charge in [0.15, 0.2) is 40.8 Å². The summed E-state index contributed by atoms with van der Waals surface area (Å²) in [4.78, 5) is 133. The lowest BCUT2D eigenvalue weighted by Gasteiger charge is -2.36. The van der Waals surface area contributed by atoms with Gasteiger partial charge in [-0.3, -0.25) is 61.7 Å². The molecular weight excluding hydrogens is 1260 g/mol. The Morgan fingerprint density at radius 1 is 0.955 bits per heavy atom. The number of nitrogens with one attached hydrogen (secondary N) is 5. The molecule has 38 heteroatoms. The Labute approximate surface area is 513 Å². The molecule has 8 heterocycles. The average Bonchev–Trinajstić information content (AvgIpc) is 1.65.